The van der Waals surface area contributed by atoms with Crippen LogP contribution >= 0.6 is 0 Å². The number of aliphatic hydroxyl groups excluding tert-OH is 1. The highest BCUT2D eigenvalue weighted by Crippen LogP contribution is 2.05. The Balaban J connectivity index is 4.04. The Labute approximate surface area is 104 Å². The van der Waals surface area contributed by atoms with Crippen LogP contribution in [-0.2, 0) is 14.3 Å². The molecule has 1 atom stereocenters. The molecule has 0 aliphatic carbocycles. The van der Waals surface area contributed by atoms with Crippen LogP contribution in [0, 0.1) is 0 Å². The molecule has 0 aromatic carbocycles. The summed E-state index contributed by atoms with van der Waals surface area (Å²) in [5.74, 6) is -2.38. The van der Waals surface area contributed by atoms with E-state index in [2.05, 4.69) is 5.32 Å². The van der Waals surface area contributed by atoms with Crippen molar-refractivity contribution < 1.29 is 29.3 Å². The van der Waals surface area contributed by atoms with Gasteiger partial charge < -0.3 is 30.4 Å². The molecule has 8 nitrogen and oxygen atoms in total. The quantitative estimate of drug-likeness (QED) is 0.512. The monoisotopic (exact) mass is 261 g/mol. The molecule has 8 heteroatoms. The second kappa shape index (κ2) is 6.80. The summed E-state index contributed by atoms with van der Waals surface area (Å²) in [5.41, 5.74) is -0.695. The van der Waals surface area contributed by atoms with Gasteiger partial charge in [0.2, 0.25) is 5.91 Å². The minimum atomic E-state index is -1.61. The van der Waals surface area contributed by atoms with E-state index in [1.54, 1.807) is 20.8 Å². The summed E-state index contributed by atoms with van der Waals surface area (Å²) >= 11 is 0. The fourth-order valence-corrected chi connectivity index (χ4v) is 0.891. The van der Waals surface area contributed by atoms with Gasteiger partial charge in [0.15, 0.2) is 0 Å². The Bertz CT molecular complexity index is 323. The van der Waals surface area contributed by atoms with Crippen molar-refractivity contribution in [3.05, 3.63) is 0 Å². The van der Waals surface area contributed by atoms with E-state index in [4.69, 9.17) is 9.84 Å². The number of hydrogen-bond acceptors (Lipinski definition) is 6. The molecule has 0 spiro atoms. The second-order valence-corrected chi connectivity index (χ2v) is 4.48. The third-order valence-electron chi connectivity index (χ3n) is 1.59. The SMILES string of the molecule is CC(C)(C)OC(=O)NCC(=O)N[C@@H](CO)C(=O)[O-]. The Morgan fingerprint density at radius 3 is 2.28 bits per heavy atom. The van der Waals surface area contributed by atoms with Crippen LogP contribution in [0.1, 0.15) is 20.8 Å². The number of rotatable bonds is 5. The molecule has 104 valence electrons. The molecule has 0 aliphatic rings. The lowest BCUT2D eigenvalue weighted by atomic mass is 10.2. The zero-order chi connectivity index (χ0) is 14.3. The van der Waals surface area contributed by atoms with Crippen LogP contribution in [0.2, 0.25) is 0 Å². The zero-order valence-corrected chi connectivity index (χ0v) is 10.5. The van der Waals surface area contributed by atoms with Gasteiger partial charge in [0.1, 0.15) is 12.1 Å². The van der Waals surface area contributed by atoms with Crippen molar-refractivity contribution in [1.82, 2.24) is 10.6 Å². The number of carbonyl (C=O) groups is 3. The van der Waals surface area contributed by atoms with Crippen LogP contribution in [0.25, 0.3) is 0 Å². The van der Waals surface area contributed by atoms with E-state index in [0.29, 0.717) is 0 Å². The molecule has 0 bridgehead atoms. The van der Waals surface area contributed by atoms with Gasteiger partial charge >= 0.3 is 6.09 Å². The summed E-state index contributed by atoms with van der Waals surface area (Å²) < 4.78 is 4.86. The van der Waals surface area contributed by atoms with Gasteiger partial charge in [-0.05, 0) is 20.8 Å². The van der Waals surface area contributed by atoms with Gasteiger partial charge in [-0.1, -0.05) is 0 Å². The molecular formula is C10H17N2O6-. The first-order valence-electron chi connectivity index (χ1n) is 5.23. The van der Waals surface area contributed by atoms with Gasteiger partial charge in [0.05, 0.1) is 18.6 Å². The molecule has 0 aliphatic heterocycles. The summed E-state index contributed by atoms with van der Waals surface area (Å²) in [4.78, 5) is 32.8. The lowest BCUT2D eigenvalue weighted by Gasteiger charge is -2.20. The highest BCUT2D eigenvalue weighted by molar-refractivity contribution is 5.86. The number of amides is 2. The first-order valence-corrected chi connectivity index (χ1v) is 5.23. The normalized spacial score (nSPS) is 12.4. The predicted octanol–water partition coefficient (Wildman–Crippen LogP) is -2.26. The largest absolute Gasteiger partial charge is 0.548 e. The molecule has 0 saturated heterocycles. The van der Waals surface area contributed by atoms with Gasteiger partial charge in [-0.3, -0.25) is 4.79 Å². The summed E-state index contributed by atoms with van der Waals surface area (Å²) in [6, 6.07) is -1.50. The molecule has 2 amide bonds. The van der Waals surface area contributed by atoms with Crippen molar-refractivity contribution in [3.8, 4) is 0 Å². The van der Waals surface area contributed by atoms with Gasteiger partial charge in [0.25, 0.3) is 0 Å². The van der Waals surface area contributed by atoms with Gasteiger partial charge in [0, 0.05) is 0 Å². The van der Waals surface area contributed by atoms with Crippen LogP contribution in [-0.4, -0.2) is 47.9 Å². The number of carboxylic acid groups (broad SMARTS) is 1. The fourth-order valence-electron chi connectivity index (χ4n) is 0.891. The lowest BCUT2D eigenvalue weighted by molar-refractivity contribution is -0.309. The Morgan fingerprint density at radius 1 is 1.33 bits per heavy atom. The lowest BCUT2D eigenvalue weighted by Crippen LogP contribution is -2.52. The Kier molecular flexibility index (Phi) is 6.11. The van der Waals surface area contributed by atoms with Crippen molar-refractivity contribution in [1.29, 1.82) is 0 Å². The first kappa shape index (κ1) is 16.2. The Morgan fingerprint density at radius 2 is 1.89 bits per heavy atom. The number of ether oxygens (including phenoxy) is 1. The molecule has 0 aromatic heterocycles. The van der Waals surface area contributed by atoms with Crippen LogP contribution in [0.5, 0.6) is 0 Å². The molecule has 0 unspecified atom stereocenters. The first-order chi connectivity index (χ1) is 8.15. The van der Waals surface area contributed by atoms with Crippen molar-refractivity contribution in [2.45, 2.75) is 32.4 Å². The van der Waals surface area contributed by atoms with E-state index in [0.717, 1.165) is 0 Å². The maximum absolute atomic E-state index is 11.2. The number of alkyl carbamates (subject to hydrolysis) is 1. The Hall–Kier alpha value is -1.83. The van der Waals surface area contributed by atoms with Gasteiger partial charge in [-0.25, -0.2) is 4.79 Å². The molecule has 0 heterocycles. The standard InChI is InChI=1S/C10H18N2O6/c1-10(2,3)18-9(17)11-4-7(14)12-6(5-13)8(15)16/h6,13H,4-5H2,1-3H3,(H,11,17)(H,12,14)(H,15,16)/p-1/t6-/m0/s1. The van der Waals surface area contributed by atoms with Crippen LogP contribution in [0.3, 0.4) is 0 Å². The van der Waals surface area contributed by atoms with Crippen LogP contribution < -0.4 is 15.7 Å². The minimum Gasteiger partial charge on any atom is -0.548 e. The number of carbonyl (C=O) groups excluding carboxylic acids is 3. The summed E-state index contributed by atoms with van der Waals surface area (Å²) in [6.07, 6.45) is -0.799. The van der Waals surface area contributed by atoms with Crippen molar-refractivity contribution >= 4 is 18.0 Å². The predicted molar refractivity (Wildman–Crippen MR) is 58.3 cm³/mol. The topological polar surface area (TPSA) is 128 Å². The van der Waals surface area contributed by atoms with E-state index in [-0.39, 0.29) is 0 Å². The number of nitrogens with one attached hydrogen (secondary N) is 2. The second-order valence-electron chi connectivity index (χ2n) is 4.48. The maximum atomic E-state index is 11.2. The molecule has 0 aromatic rings. The maximum Gasteiger partial charge on any atom is 0.408 e. The van der Waals surface area contributed by atoms with Crippen molar-refractivity contribution in [2.75, 3.05) is 13.2 Å². The summed E-state index contributed by atoms with van der Waals surface area (Å²) in [7, 11) is 0. The highest BCUT2D eigenvalue weighted by Gasteiger charge is 2.17. The average Bonchev–Trinajstić information content (AvgIpc) is 2.20. The van der Waals surface area contributed by atoms with E-state index in [1.165, 1.54) is 0 Å². The van der Waals surface area contributed by atoms with E-state index in [9.17, 15) is 19.5 Å². The number of hydrogen-bond donors (Lipinski definition) is 3. The molecule has 0 radical (unpaired) electrons. The number of carboxylic acids is 1. The molecule has 0 rings (SSSR count). The third-order valence-corrected chi connectivity index (χ3v) is 1.59. The molecule has 3 N–H and O–H groups in total. The molecule has 18 heavy (non-hydrogen) atoms. The minimum absolute atomic E-state index is 0.460. The van der Waals surface area contributed by atoms with E-state index in [1.807, 2.05) is 5.32 Å². The molecule has 0 fully saturated rings. The average molecular weight is 261 g/mol. The van der Waals surface area contributed by atoms with Crippen LogP contribution in [0.15, 0.2) is 0 Å². The zero-order valence-electron chi connectivity index (χ0n) is 10.5. The number of aliphatic carboxylic acids is 1. The molecular weight excluding hydrogens is 244 g/mol. The third kappa shape index (κ3) is 7.44. The molecule has 0 saturated carbocycles. The number of aliphatic hydroxyl groups is 1. The van der Waals surface area contributed by atoms with E-state index >= 15 is 0 Å². The van der Waals surface area contributed by atoms with Gasteiger partial charge in [-0.2, -0.15) is 0 Å². The van der Waals surface area contributed by atoms with Gasteiger partial charge in [-0.15, -0.1) is 0 Å². The van der Waals surface area contributed by atoms with Crippen molar-refractivity contribution in [2.24, 2.45) is 0 Å². The van der Waals surface area contributed by atoms with E-state index < -0.39 is 42.8 Å². The van der Waals surface area contributed by atoms with Crippen LogP contribution in [0.4, 0.5) is 4.79 Å². The summed E-state index contributed by atoms with van der Waals surface area (Å²) in [5, 5.41) is 23.1. The highest BCUT2D eigenvalue weighted by atomic mass is 16.6. The fraction of sp³-hybridized carbons (Fsp3) is 0.700. The summed E-state index contributed by atoms with van der Waals surface area (Å²) in [6.45, 7) is 3.72. The van der Waals surface area contributed by atoms with Crippen molar-refractivity contribution in [3.63, 3.8) is 0 Å². The smallest absolute Gasteiger partial charge is 0.408 e.